The first-order valence-electron chi connectivity index (χ1n) is 6.55. The van der Waals surface area contributed by atoms with E-state index in [1.54, 1.807) is 24.2 Å². The highest BCUT2D eigenvalue weighted by molar-refractivity contribution is 8.00. The third-order valence-electron chi connectivity index (χ3n) is 2.92. The Morgan fingerprint density at radius 3 is 2.50 bits per heavy atom. The number of nitrogens with zero attached hydrogens (tertiary/aromatic N) is 1. The highest BCUT2D eigenvalue weighted by Gasteiger charge is 2.13. The van der Waals surface area contributed by atoms with Crippen LogP contribution in [0.25, 0.3) is 0 Å². The second-order valence-electron chi connectivity index (χ2n) is 4.65. The van der Waals surface area contributed by atoms with Crippen molar-refractivity contribution < 1.29 is 4.79 Å². The molecule has 0 aliphatic heterocycles. The van der Waals surface area contributed by atoms with Gasteiger partial charge in [-0.3, -0.25) is 9.78 Å². The van der Waals surface area contributed by atoms with Crippen LogP contribution < -0.4 is 5.32 Å². The third kappa shape index (κ3) is 4.38. The number of rotatable bonds is 5. The van der Waals surface area contributed by atoms with Crippen molar-refractivity contribution in [2.75, 3.05) is 0 Å². The van der Waals surface area contributed by atoms with Crippen LogP contribution in [0.3, 0.4) is 0 Å². The van der Waals surface area contributed by atoms with Crippen molar-refractivity contribution in [3.63, 3.8) is 0 Å². The smallest absolute Gasteiger partial charge is 0.233 e. The van der Waals surface area contributed by atoms with E-state index in [1.807, 2.05) is 31.2 Å². The second-order valence-corrected chi connectivity index (χ2v) is 6.06. The molecule has 1 aromatic carbocycles. The van der Waals surface area contributed by atoms with Gasteiger partial charge >= 0.3 is 0 Å². The number of pyridine rings is 1. The molecule has 1 N–H and O–H groups in total. The zero-order valence-corrected chi connectivity index (χ0v) is 12.5. The maximum atomic E-state index is 12.0. The molecule has 1 atom stereocenters. The molecule has 20 heavy (non-hydrogen) atoms. The molecule has 0 radical (unpaired) electrons. The molecular weight excluding hydrogens is 268 g/mol. The van der Waals surface area contributed by atoms with Crippen LogP contribution in [0.15, 0.2) is 53.7 Å². The molecule has 0 aliphatic rings. The molecule has 1 aromatic heterocycles. The average Bonchev–Trinajstić information content (AvgIpc) is 2.48. The first-order chi connectivity index (χ1) is 9.65. The third-order valence-corrected chi connectivity index (χ3v) is 4.03. The first-order valence-corrected chi connectivity index (χ1v) is 7.43. The number of aryl methyl sites for hydroxylation is 1. The number of aromatic nitrogens is 1. The Kier molecular flexibility index (Phi) is 5.18. The zero-order chi connectivity index (χ0) is 14.4. The number of thioether (sulfide) groups is 1. The van der Waals surface area contributed by atoms with E-state index >= 15 is 0 Å². The van der Waals surface area contributed by atoms with Crippen molar-refractivity contribution in [1.29, 1.82) is 0 Å². The minimum atomic E-state index is -0.112. The Labute approximate surface area is 123 Å². The van der Waals surface area contributed by atoms with Crippen LogP contribution in [0, 0.1) is 6.92 Å². The van der Waals surface area contributed by atoms with Crippen molar-refractivity contribution in [2.45, 2.75) is 30.5 Å². The summed E-state index contributed by atoms with van der Waals surface area (Å²) in [6, 6.07) is 12.0. The molecule has 3 nitrogen and oxygen atoms in total. The average molecular weight is 286 g/mol. The summed E-state index contributed by atoms with van der Waals surface area (Å²) >= 11 is 1.57. The van der Waals surface area contributed by atoms with Gasteiger partial charge in [0.05, 0.1) is 5.25 Å². The van der Waals surface area contributed by atoms with Crippen molar-refractivity contribution in [2.24, 2.45) is 0 Å². The largest absolute Gasteiger partial charge is 0.351 e. The SMILES string of the molecule is Cc1ccc(S[C@@H](C)C(=O)NCc2ccncc2)cc1. The van der Waals surface area contributed by atoms with Gasteiger partial charge in [0.2, 0.25) is 5.91 Å². The minimum Gasteiger partial charge on any atom is -0.351 e. The highest BCUT2D eigenvalue weighted by atomic mass is 32.2. The summed E-state index contributed by atoms with van der Waals surface area (Å²) in [5.41, 5.74) is 2.28. The number of hydrogen-bond acceptors (Lipinski definition) is 3. The van der Waals surface area contributed by atoms with E-state index in [0.29, 0.717) is 6.54 Å². The lowest BCUT2D eigenvalue weighted by molar-refractivity contribution is -0.120. The molecule has 0 spiro atoms. The number of benzene rings is 1. The summed E-state index contributed by atoms with van der Waals surface area (Å²) in [5, 5.41) is 2.83. The van der Waals surface area contributed by atoms with Gasteiger partial charge in [-0.05, 0) is 43.7 Å². The normalized spacial score (nSPS) is 11.9. The van der Waals surface area contributed by atoms with Gasteiger partial charge in [0.15, 0.2) is 0 Å². The van der Waals surface area contributed by atoms with Crippen LogP contribution >= 0.6 is 11.8 Å². The van der Waals surface area contributed by atoms with E-state index in [2.05, 4.69) is 29.4 Å². The molecule has 0 saturated carbocycles. The van der Waals surface area contributed by atoms with Gasteiger partial charge in [-0.2, -0.15) is 0 Å². The van der Waals surface area contributed by atoms with E-state index < -0.39 is 0 Å². The van der Waals surface area contributed by atoms with Gasteiger partial charge in [-0.15, -0.1) is 11.8 Å². The maximum absolute atomic E-state index is 12.0. The van der Waals surface area contributed by atoms with Crippen molar-refractivity contribution >= 4 is 17.7 Å². The predicted octanol–water partition coefficient (Wildman–Crippen LogP) is 3.19. The zero-order valence-electron chi connectivity index (χ0n) is 11.7. The lowest BCUT2D eigenvalue weighted by atomic mass is 10.2. The lowest BCUT2D eigenvalue weighted by Crippen LogP contribution is -2.30. The van der Waals surface area contributed by atoms with Gasteiger partial charge in [0.25, 0.3) is 0 Å². The van der Waals surface area contributed by atoms with Gasteiger partial charge in [0, 0.05) is 23.8 Å². The molecular formula is C16H18N2OS. The summed E-state index contributed by atoms with van der Waals surface area (Å²) in [5.74, 6) is 0.0485. The lowest BCUT2D eigenvalue weighted by Gasteiger charge is -2.12. The summed E-state index contributed by atoms with van der Waals surface area (Å²) in [6.07, 6.45) is 3.46. The summed E-state index contributed by atoms with van der Waals surface area (Å²) in [6.45, 7) is 4.52. The maximum Gasteiger partial charge on any atom is 0.233 e. The Bertz CT molecular complexity index is 554. The molecule has 0 bridgehead atoms. The molecule has 2 aromatic rings. The standard InChI is InChI=1S/C16H18N2OS/c1-12-3-5-15(6-4-12)20-13(2)16(19)18-11-14-7-9-17-10-8-14/h3-10,13H,11H2,1-2H3,(H,18,19)/t13-/m0/s1. The van der Waals surface area contributed by atoms with Crippen molar-refractivity contribution in [3.05, 3.63) is 59.9 Å². The van der Waals surface area contributed by atoms with E-state index in [-0.39, 0.29) is 11.2 Å². The van der Waals surface area contributed by atoms with Crippen LogP contribution in [0.5, 0.6) is 0 Å². The first kappa shape index (κ1) is 14.6. The quantitative estimate of drug-likeness (QED) is 0.858. The van der Waals surface area contributed by atoms with Crippen LogP contribution in [0.4, 0.5) is 0 Å². The molecule has 0 saturated heterocycles. The fraction of sp³-hybridized carbons (Fsp3) is 0.250. The molecule has 0 unspecified atom stereocenters. The fourth-order valence-corrected chi connectivity index (χ4v) is 2.60. The predicted molar refractivity (Wildman–Crippen MR) is 82.6 cm³/mol. The van der Waals surface area contributed by atoms with E-state index in [1.165, 1.54) is 5.56 Å². The molecule has 2 rings (SSSR count). The number of carbonyl (C=O) groups is 1. The van der Waals surface area contributed by atoms with Crippen molar-refractivity contribution in [3.8, 4) is 0 Å². The van der Waals surface area contributed by atoms with Gasteiger partial charge in [-0.1, -0.05) is 17.7 Å². The minimum absolute atomic E-state index is 0.0485. The Morgan fingerprint density at radius 2 is 1.85 bits per heavy atom. The summed E-state index contributed by atoms with van der Waals surface area (Å²) < 4.78 is 0. The second kappa shape index (κ2) is 7.10. The Morgan fingerprint density at radius 1 is 1.20 bits per heavy atom. The van der Waals surface area contributed by atoms with Crippen LogP contribution in [0.2, 0.25) is 0 Å². The topological polar surface area (TPSA) is 42.0 Å². The van der Waals surface area contributed by atoms with Crippen LogP contribution in [-0.2, 0) is 11.3 Å². The van der Waals surface area contributed by atoms with Crippen molar-refractivity contribution in [1.82, 2.24) is 10.3 Å². The fourth-order valence-electron chi connectivity index (χ4n) is 1.71. The number of amides is 1. The monoisotopic (exact) mass is 286 g/mol. The molecule has 1 heterocycles. The molecule has 104 valence electrons. The molecule has 1 amide bonds. The number of carbonyl (C=O) groups excluding carboxylic acids is 1. The van der Waals surface area contributed by atoms with E-state index in [0.717, 1.165) is 10.5 Å². The molecule has 0 aliphatic carbocycles. The van der Waals surface area contributed by atoms with Gasteiger partial charge < -0.3 is 5.32 Å². The van der Waals surface area contributed by atoms with Gasteiger partial charge in [0.1, 0.15) is 0 Å². The summed E-state index contributed by atoms with van der Waals surface area (Å²) in [4.78, 5) is 17.1. The molecule has 0 fully saturated rings. The molecule has 4 heteroatoms. The summed E-state index contributed by atoms with van der Waals surface area (Å²) in [7, 11) is 0. The highest BCUT2D eigenvalue weighted by Crippen LogP contribution is 2.23. The van der Waals surface area contributed by atoms with Crippen LogP contribution in [0.1, 0.15) is 18.1 Å². The van der Waals surface area contributed by atoms with E-state index in [4.69, 9.17) is 0 Å². The number of hydrogen-bond donors (Lipinski definition) is 1. The van der Waals surface area contributed by atoms with Gasteiger partial charge in [-0.25, -0.2) is 0 Å². The Hall–Kier alpha value is -1.81. The Balaban J connectivity index is 1.84. The van der Waals surface area contributed by atoms with E-state index in [9.17, 15) is 4.79 Å². The number of nitrogens with one attached hydrogen (secondary N) is 1. The van der Waals surface area contributed by atoms with Crippen LogP contribution in [-0.4, -0.2) is 16.1 Å².